The summed E-state index contributed by atoms with van der Waals surface area (Å²) in [6.45, 7) is 3.46. The molecule has 2 bridgehead atoms. The maximum atomic E-state index is 13.5. The van der Waals surface area contributed by atoms with E-state index in [1.54, 1.807) is 0 Å². The highest BCUT2D eigenvalue weighted by Crippen LogP contribution is 2.45. The Balaban J connectivity index is 1.14. The van der Waals surface area contributed by atoms with Crippen LogP contribution in [0.1, 0.15) is 34.6 Å². The fraction of sp³-hybridized carbons (Fsp3) is 0.250. The number of hydrogen-bond donors (Lipinski definition) is 0. The van der Waals surface area contributed by atoms with Gasteiger partial charge in [-0.15, -0.1) is 0 Å². The van der Waals surface area contributed by atoms with Gasteiger partial charge in [-0.05, 0) is 58.4 Å². The molecule has 5 nitrogen and oxygen atoms in total. The van der Waals surface area contributed by atoms with Crippen LogP contribution in [0.4, 0.5) is 4.79 Å². The Hall–Kier alpha value is -3.96. The van der Waals surface area contributed by atoms with Crippen LogP contribution >= 0.6 is 0 Å². The summed E-state index contributed by atoms with van der Waals surface area (Å²) in [5, 5.41) is 1.14. The van der Waals surface area contributed by atoms with Gasteiger partial charge in [-0.25, -0.2) is 4.79 Å². The molecular formula is C32H28N2O3. The maximum absolute atomic E-state index is 13.5. The van der Waals surface area contributed by atoms with Crippen LogP contribution in [0.2, 0.25) is 0 Å². The molecule has 1 aromatic heterocycles. The van der Waals surface area contributed by atoms with Gasteiger partial charge >= 0.3 is 6.09 Å². The maximum Gasteiger partial charge on any atom is 0.410 e. The number of fused-ring (bicyclic) bond motifs is 6. The molecule has 2 unspecified atom stereocenters. The molecule has 5 heteroatoms. The molecule has 0 saturated carbocycles. The van der Waals surface area contributed by atoms with Crippen molar-refractivity contribution in [3.05, 3.63) is 107 Å². The SMILES string of the molecule is Cc1c(C2=CC3COCC(C2)N3C(=O)OCC2c3ccccc3-c3ccccc32)ccc2cccnc12. The second-order valence-electron chi connectivity index (χ2n) is 10.2. The van der Waals surface area contributed by atoms with Crippen LogP contribution in [0, 0.1) is 6.92 Å². The number of nitrogens with zero attached hydrogens (tertiary/aromatic N) is 2. The van der Waals surface area contributed by atoms with Gasteiger partial charge in [0, 0.05) is 17.5 Å². The molecule has 3 aromatic carbocycles. The van der Waals surface area contributed by atoms with Gasteiger partial charge in [0.2, 0.25) is 0 Å². The minimum Gasteiger partial charge on any atom is -0.448 e. The molecule has 0 spiro atoms. The Morgan fingerprint density at radius 1 is 0.946 bits per heavy atom. The summed E-state index contributed by atoms with van der Waals surface area (Å²) in [7, 11) is 0. The van der Waals surface area contributed by atoms with Gasteiger partial charge in [0.25, 0.3) is 0 Å². The number of aryl methyl sites for hydroxylation is 1. The van der Waals surface area contributed by atoms with Gasteiger partial charge in [0.1, 0.15) is 6.61 Å². The lowest BCUT2D eigenvalue weighted by Crippen LogP contribution is -2.56. The van der Waals surface area contributed by atoms with E-state index in [4.69, 9.17) is 9.47 Å². The number of pyridine rings is 1. The van der Waals surface area contributed by atoms with Gasteiger partial charge in [-0.1, -0.05) is 72.8 Å². The molecule has 1 fully saturated rings. The molecule has 0 radical (unpaired) electrons. The lowest BCUT2D eigenvalue weighted by molar-refractivity contribution is -0.0331. The Morgan fingerprint density at radius 3 is 2.46 bits per heavy atom. The number of rotatable bonds is 3. The minimum atomic E-state index is -0.257. The van der Waals surface area contributed by atoms with Gasteiger partial charge in [-0.2, -0.15) is 0 Å². The van der Waals surface area contributed by atoms with Crippen molar-refractivity contribution >= 4 is 22.6 Å². The number of carbonyl (C=O) groups excluding carboxylic acids is 1. The molecule has 0 N–H and O–H groups in total. The van der Waals surface area contributed by atoms with Gasteiger partial charge < -0.3 is 9.47 Å². The number of carbonyl (C=O) groups is 1. The van der Waals surface area contributed by atoms with E-state index in [2.05, 4.69) is 84.7 Å². The summed E-state index contributed by atoms with van der Waals surface area (Å²) in [4.78, 5) is 20.0. The largest absolute Gasteiger partial charge is 0.448 e. The predicted octanol–water partition coefficient (Wildman–Crippen LogP) is 6.35. The molecular weight excluding hydrogens is 460 g/mol. The molecule has 3 aliphatic rings. The monoisotopic (exact) mass is 488 g/mol. The van der Waals surface area contributed by atoms with Crippen molar-refractivity contribution < 1.29 is 14.3 Å². The average molecular weight is 489 g/mol. The van der Waals surface area contributed by atoms with Gasteiger partial charge in [0.05, 0.1) is 30.8 Å². The number of ether oxygens (including phenoxy) is 2. The van der Waals surface area contributed by atoms with Crippen LogP contribution in [0.3, 0.4) is 0 Å². The molecule has 3 heterocycles. The highest BCUT2D eigenvalue weighted by molar-refractivity contribution is 5.88. The fourth-order valence-corrected chi connectivity index (χ4v) is 6.39. The predicted molar refractivity (Wildman–Crippen MR) is 144 cm³/mol. The summed E-state index contributed by atoms with van der Waals surface area (Å²) >= 11 is 0. The molecule has 2 aliphatic heterocycles. The normalized spacial score (nSPS) is 20.4. The number of hydrogen-bond acceptors (Lipinski definition) is 4. The summed E-state index contributed by atoms with van der Waals surface area (Å²) in [5.41, 5.74) is 9.58. The molecule has 1 aliphatic carbocycles. The highest BCUT2D eigenvalue weighted by atomic mass is 16.6. The number of benzene rings is 3. The van der Waals surface area contributed by atoms with Gasteiger partial charge in [0.15, 0.2) is 0 Å². The van der Waals surface area contributed by atoms with E-state index in [9.17, 15) is 4.79 Å². The number of morpholine rings is 1. The average Bonchev–Trinajstić information content (AvgIpc) is 3.25. The summed E-state index contributed by atoms with van der Waals surface area (Å²) in [6, 6.07) is 25.0. The Bertz CT molecular complexity index is 1510. The smallest absolute Gasteiger partial charge is 0.410 e. The topological polar surface area (TPSA) is 51.7 Å². The Labute approximate surface area is 216 Å². The summed E-state index contributed by atoms with van der Waals surface area (Å²) in [6.07, 6.45) is 4.51. The van der Waals surface area contributed by atoms with Crippen LogP contribution in [0.15, 0.2) is 85.1 Å². The number of amides is 1. The third-order valence-corrected chi connectivity index (χ3v) is 8.12. The van der Waals surface area contributed by atoms with Crippen molar-refractivity contribution in [3.63, 3.8) is 0 Å². The van der Waals surface area contributed by atoms with Crippen LogP contribution in [0.25, 0.3) is 27.6 Å². The quantitative estimate of drug-likeness (QED) is 0.337. The lowest BCUT2D eigenvalue weighted by Gasteiger charge is -2.44. The van der Waals surface area contributed by atoms with E-state index in [0.717, 1.165) is 17.3 Å². The van der Waals surface area contributed by atoms with E-state index >= 15 is 0 Å². The lowest BCUT2D eigenvalue weighted by atomic mass is 9.87. The number of aromatic nitrogens is 1. The van der Waals surface area contributed by atoms with E-state index in [-0.39, 0.29) is 24.1 Å². The zero-order valence-electron chi connectivity index (χ0n) is 20.8. The Morgan fingerprint density at radius 2 is 1.70 bits per heavy atom. The highest BCUT2D eigenvalue weighted by Gasteiger charge is 2.40. The van der Waals surface area contributed by atoms with Crippen LogP contribution in [-0.4, -0.2) is 47.9 Å². The van der Waals surface area contributed by atoms with Crippen LogP contribution in [0.5, 0.6) is 0 Å². The zero-order chi connectivity index (χ0) is 24.9. The van der Waals surface area contributed by atoms with Crippen molar-refractivity contribution in [1.29, 1.82) is 0 Å². The molecule has 37 heavy (non-hydrogen) atoms. The fourth-order valence-electron chi connectivity index (χ4n) is 6.39. The molecule has 1 saturated heterocycles. The Kier molecular flexibility index (Phi) is 5.33. The van der Waals surface area contributed by atoms with Crippen molar-refractivity contribution in [1.82, 2.24) is 9.88 Å². The first-order valence-electron chi connectivity index (χ1n) is 13.0. The molecule has 184 valence electrons. The van der Waals surface area contributed by atoms with E-state index < -0.39 is 0 Å². The second kappa shape index (κ2) is 8.86. The molecule has 4 aromatic rings. The first-order chi connectivity index (χ1) is 18.2. The summed E-state index contributed by atoms with van der Waals surface area (Å²) in [5.74, 6) is 0.0519. The molecule has 7 rings (SSSR count). The zero-order valence-corrected chi connectivity index (χ0v) is 20.8. The minimum absolute atomic E-state index is 0.0479. The first kappa shape index (κ1) is 22.3. The first-order valence-corrected chi connectivity index (χ1v) is 13.0. The van der Waals surface area contributed by atoms with Crippen molar-refractivity contribution in [2.75, 3.05) is 19.8 Å². The van der Waals surface area contributed by atoms with Crippen molar-refractivity contribution in [2.24, 2.45) is 0 Å². The van der Waals surface area contributed by atoms with Crippen LogP contribution in [-0.2, 0) is 9.47 Å². The van der Waals surface area contributed by atoms with Crippen molar-refractivity contribution in [3.8, 4) is 11.1 Å². The standard InChI is InChI=1S/C32H28N2O3/c1-20-25(13-12-21-7-6-14-33-31(20)21)22-15-23-17-36-18-24(16-22)34(23)32(35)37-19-30-28-10-4-2-8-26(28)27-9-3-5-11-29(27)30/h2-15,23-24,30H,16-19H2,1H3. The van der Waals surface area contributed by atoms with E-state index in [1.165, 1.54) is 39.0 Å². The third kappa shape index (κ3) is 3.65. The van der Waals surface area contributed by atoms with E-state index in [1.807, 2.05) is 17.2 Å². The molecule has 2 atom stereocenters. The second-order valence-corrected chi connectivity index (χ2v) is 10.2. The van der Waals surface area contributed by atoms with E-state index in [0.29, 0.717) is 19.8 Å². The van der Waals surface area contributed by atoms with Crippen LogP contribution < -0.4 is 0 Å². The third-order valence-electron chi connectivity index (χ3n) is 8.12. The van der Waals surface area contributed by atoms with Crippen molar-refractivity contribution in [2.45, 2.75) is 31.3 Å². The van der Waals surface area contributed by atoms with Gasteiger partial charge in [-0.3, -0.25) is 9.88 Å². The molecule has 1 amide bonds. The summed E-state index contributed by atoms with van der Waals surface area (Å²) < 4.78 is 11.9.